The first-order valence-electron chi connectivity index (χ1n) is 5.26. The molecule has 0 unspecified atom stereocenters. The molecule has 0 bridgehead atoms. The normalized spacial score (nSPS) is 11.2. The molecule has 0 spiro atoms. The van der Waals surface area contributed by atoms with Crippen LogP contribution in [0.3, 0.4) is 0 Å². The van der Waals surface area contributed by atoms with E-state index in [1.54, 1.807) is 29.5 Å². The van der Waals surface area contributed by atoms with Crippen LogP contribution < -0.4 is 0 Å². The van der Waals surface area contributed by atoms with Crippen molar-refractivity contribution < 1.29 is 5.11 Å². The van der Waals surface area contributed by atoms with Gasteiger partial charge in [-0.15, -0.1) is 11.3 Å². The summed E-state index contributed by atoms with van der Waals surface area (Å²) in [7, 11) is 0. The Morgan fingerprint density at radius 3 is 2.76 bits per heavy atom. The average molecular weight is 245 g/mol. The Balaban J connectivity index is 2.21. The second-order valence-corrected chi connectivity index (χ2v) is 5.14. The van der Waals surface area contributed by atoms with Crippen molar-refractivity contribution in [3.8, 4) is 16.5 Å². The molecule has 0 amide bonds. The molecule has 17 heavy (non-hydrogen) atoms. The van der Waals surface area contributed by atoms with Crippen LogP contribution in [-0.4, -0.2) is 20.1 Å². The summed E-state index contributed by atoms with van der Waals surface area (Å²) in [6, 6.07) is 5.11. The summed E-state index contributed by atoms with van der Waals surface area (Å²) in [5, 5.41) is 10.4. The number of thiazole rings is 1. The van der Waals surface area contributed by atoms with E-state index in [0.717, 1.165) is 32.4 Å². The third-order valence-electron chi connectivity index (χ3n) is 2.58. The number of H-pyrrole nitrogens is 1. The highest BCUT2D eigenvalue weighted by atomic mass is 32.1. The highest BCUT2D eigenvalue weighted by Gasteiger charge is 2.12. The SMILES string of the molecule is Cc1nc(C)c(-c2nc3ccc(O)cc3[nH]2)s1. The van der Waals surface area contributed by atoms with Crippen LogP contribution in [0.4, 0.5) is 0 Å². The maximum atomic E-state index is 9.41. The van der Waals surface area contributed by atoms with Crippen LogP contribution in [0.1, 0.15) is 10.7 Å². The molecule has 0 saturated heterocycles. The Morgan fingerprint density at radius 2 is 2.06 bits per heavy atom. The van der Waals surface area contributed by atoms with E-state index in [1.165, 1.54) is 0 Å². The summed E-state index contributed by atoms with van der Waals surface area (Å²) >= 11 is 1.62. The van der Waals surface area contributed by atoms with Crippen molar-refractivity contribution in [2.75, 3.05) is 0 Å². The van der Waals surface area contributed by atoms with Gasteiger partial charge >= 0.3 is 0 Å². The largest absolute Gasteiger partial charge is 0.508 e. The highest BCUT2D eigenvalue weighted by molar-refractivity contribution is 7.15. The predicted octanol–water partition coefficient (Wildman–Crippen LogP) is 3.01. The Bertz CT molecular complexity index is 699. The zero-order valence-corrected chi connectivity index (χ0v) is 10.3. The van der Waals surface area contributed by atoms with Crippen molar-refractivity contribution in [2.24, 2.45) is 0 Å². The molecule has 86 valence electrons. The molecule has 0 fully saturated rings. The minimum Gasteiger partial charge on any atom is -0.508 e. The highest BCUT2D eigenvalue weighted by Crippen LogP contribution is 2.29. The van der Waals surface area contributed by atoms with Crippen LogP contribution in [0.2, 0.25) is 0 Å². The molecule has 2 heterocycles. The van der Waals surface area contributed by atoms with Crippen molar-refractivity contribution in [3.63, 3.8) is 0 Å². The molecule has 0 aliphatic heterocycles. The molecule has 2 aromatic heterocycles. The van der Waals surface area contributed by atoms with Gasteiger partial charge in [0.2, 0.25) is 0 Å². The maximum Gasteiger partial charge on any atom is 0.150 e. The lowest BCUT2D eigenvalue weighted by molar-refractivity contribution is 0.476. The lowest BCUT2D eigenvalue weighted by Crippen LogP contribution is -1.79. The van der Waals surface area contributed by atoms with Gasteiger partial charge in [-0.2, -0.15) is 0 Å². The number of hydrogen-bond acceptors (Lipinski definition) is 4. The van der Waals surface area contributed by atoms with Crippen molar-refractivity contribution >= 4 is 22.4 Å². The van der Waals surface area contributed by atoms with E-state index in [4.69, 9.17) is 0 Å². The first kappa shape index (κ1) is 10.3. The third kappa shape index (κ3) is 1.68. The molecule has 0 saturated carbocycles. The zero-order chi connectivity index (χ0) is 12.0. The Kier molecular flexibility index (Phi) is 2.16. The topological polar surface area (TPSA) is 61.8 Å². The molecule has 3 aromatic rings. The van der Waals surface area contributed by atoms with Gasteiger partial charge in [0, 0.05) is 6.07 Å². The standard InChI is InChI=1S/C12H11N3OS/c1-6-11(17-7(2)13-6)12-14-9-4-3-8(16)5-10(9)15-12/h3-5,16H,1-2H3,(H,14,15). The number of aromatic nitrogens is 3. The molecule has 2 N–H and O–H groups in total. The molecule has 0 aliphatic carbocycles. The third-order valence-corrected chi connectivity index (χ3v) is 3.66. The fourth-order valence-electron chi connectivity index (χ4n) is 1.86. The lowest BCUT2D eigenvalue weighted by atomic mass is 10.3. The van der Waals surface area contributed by atoms with Gasteiger partial charge in [0.25, 0.3) is 0 Å². The maximum absolute atomic E-state index is 9.41. The van der Waals surface area contributed by atoms with E-state index in [2.05, 4.69) is 15.0 Å². The minimum atomic E-state index is 0.241. The van der Waals surface area contributed by atoms with Crippen LogP contribution in [0.15, 0.2) is 18.2 Å². The van der Waals surface area contributed by atoms with Crippen molar-refractivity contribution in [1.29, 1.82) is 0 Å². The van der Waals surface area contributed by atoms with Crippen LogP contribution >= 0.6 is 11.3 Å². The summed E-state index contributed by atoms with van der Waals surface area (Å²) in [6.07, 6.45) is 0. The van der Waals surface area contributed by atoms with Crippen LogP contribution in [0.5, 0.6) is 5.75 Å². The summed E-state index contributed by atoms with van der Waals surface area (Å²) in [5.74, 6) is 1.05. The van der Waals surface area contributed by atoms with Crippen molar-refractivity contribution in [1.82, 2.24) is 15.0 Å². The Morgan fingerprint density at radius 1 is 1.24 bits per heavy atom. The van der Waals surface area contributed by atoms with Gasteiger partial charge in [0.15, 0.2) is 5.82 Å². The molecular formula is C12H11N3OS. The van der Waals surface area contributed by atoms with Crippen LogP contribution in [-0.2, 0) is 0 Å². The average Bonchev–Trinajstić information content (AvgIpc) is 2.80. The summed E-state index contributed by atoms with van der Waals surface area (Å²) < 4.78 is 0. The molecule has 0 atom stereocenters. The van der Waals surface area contributed by atoms with Gasteiger partial charge in [-0.1, -0.05) is 0 Å². The first-order valence-corrected chi connectivity index (χ1v) is 6.08. The van der Waals surface area contributed by atoms with Gasteiger partial charge in [0.05, 0.1) is 26.6 Å². The fourth-order valence-corrected chi connectivity index (χ4v) is 2.72. The molecule has 0 radical (unpaired) electrons. The minimum absolute atomic E-state index is 0.241. The lowest BCUT2D eigenvalue weighted by Gasteiger charge is -1.90. The van der Waals surface area contributed by atoms with E-state index >= 15 is 0 Å². The number of phenolic OH excluding ortho intramolecular Hbond substituents is 1. The second-order valence-electron chi connectivity index (χ2n) is 3.93. The van der Waals surface area contributed by atoms with Crippen molar-refractivity contribution in [3.05, 3.63) is 28.9 Å². The number of nitrogens with zero attached hydrogens (tertiary/aromatic N) is 2. The van der Waals surface area contributed by atoms with Crippen LogP contribution in [0.25, 0.3) is 21.7 Å². The Labute approximate surface area is 102 Å². The fraction of sp³-hybridized carbons (Fsp3) is 0.167. The van der Waals surface area contributed by atoms with E-state index in [0.29, 0.717) is 0 Å². The smallest absolute Gasteiger partial charge is 0.150 e. The Hall–Kier alpha value is -1.88. The van der Waals surface area contributed by atoms with E-state index < -0.39 is 0 Å². The number of aromatic amines is 1. The number of aryl methyl sites for hydroxylation is 2. The number of nitrogens with one attached hydrogen (secondary N) is 1. The first-order chi connectivity index (χ1) is 8.13. The number of rotatable bonds is 1. The summed E-state index contributed by atoms with van der Waals surface area (Å²) in [5.41, 5.74) is 2.67. The number of fused-ring (bicyclic) bond motifs is 1. The van der Waals surface area contributed by atoms with Gasteiger partial charge < -0.3 is 10.1 Å². The molecular weight excluding hydrogens is 234 g/mol. The predicted molar refractivity (Wildman–Crippen MR) is 68.3 cm³/mol. The van der Waals surface area contributed by atoms with E-state index in [1.807, 2.05) is 13.8 Å². The molecule has 4 nitrogen and oxygen atoms in total. The monoisotopic (exact) mass is 245 g/mol. The van der Waals surface area contributed by atoms with Crippen molar-refractivity contribution in [2.45, 2.75) is 13.8 Å². The van der Waals surface area contributed by atoms with Gasteiger partial charge in [-0.05, 0) is 26.0 Å². The number of phenols is 1. The summed E-state index contributed by atoms with van der Waals surface area (Å²) in [4.78, 5) is 13.1. The molecule has 3 rings (SSSR count). The van der Waals surface area contributed by atoms with Gasteiger partial charge in [0.1, 0.15) is 5.75 Å². The summed E-state index contributed by atoms with van der Waals surface area (Å²) in [6.45, 7) is 3.96. The number of hydrogen-bond donors (Lipinski definition) is 2. The van der Waals surface area contributed by atoms with Gasteiger partial charge in [-0.25, -0.2) is 9.97 Å². The quantitative estimate of drug-likeness (QED) is 0.692. The van der Waals surface area contributed by atoms with E-state index in [-0.39, 0.29) is 5.75 Å². The van der Waals surface area contributed by atoms with Gasteiger partial charge in [-0.3, -0.25) is 0 Å². The molecule has 1 aromatic carbocycles. The number of benzene rings is 1. The second kappa shape index (κ2) is 3.56. The van der Waals surface area contributed by atoms with E-state index in [9.17, 15) is 5.11 Å². The zero-order valence-electron chi connectivity index (χ0n) is 9.48. The van der Waals surface area contributed by atoms with Crippen LogP contribution in [0, 0.1) is 13.8 Å². The molecule has 0 aliphatic rings. The number of imidazole rings is 1. The number of aromatic hydroxyl groups is 1. The molecule has 5 heteroatoms.